The number of rotatable bonds is 6. The van der Waals surface area contributed by atoms with Gasteiger partial charge in [-0.15, -0.1) is 0 Å². The topological polar surface area (TPSA) is 85.0 Å². The lowest BCUT2D eigenvalue weighted by atomic mass is 9.85. The van der Waals surface area contributed by atoms with Crippen LogP contribution in [0.15, 0.2) is 78.9 Å². The van der Waals surface area contributed by atoms with E-state index in [2.05, 4.69) is 27.7 Å². The quantitative estimate of drug-likeness (QED) is 0.463. The summed E-state index contributed by atoms with van der Waals surface area (Å²) in [6.07, 6.45) is 1.98. The second-order valence-corrected chi connectivity index (χ2v) is 12.0. The summed E-state index contributed by atoms with van der Waals surface area (Å²) >= 11 is 6.11. The lowest BCUT2D eigenvalue weighted by molar-refractivity contribution is -0.140. The maximum absolute atomic E-state index is 14.0. The van der Waals surface area contributed by atoms with Crippen LogP contribution in [0.3, 0.4) is 0 Å². The van der Waals surface area contributed by atoms with E-state index in [1.54, 1.807) is 17.0 Å². The van der Waals surface area contributed by atoms with Crippen molar-refractivity contribution in [2.24, 2.45) is 0 Å². The Morgan fingerprint density at radius 3 is 2.36 bits per heavy atom. The molecule has 0 aromatic heterocycles. The number of carbonyl (C=O) groups is 3. The van der Waals surface area contributed by atoms with Crippen LogP contribution in [0.25, 0.3) is 0 Å². The van der Waals surface area contributed by atoms with Crippen LogP contribution in [0.2, 0.25) is 5.02 Å². The van der Waals surface area contributed by atoms with Crippen molar-refractivity contribution in [3.63, 3.8) is 0 Å². The summed E-state index contributed by atoms with van der Waals surface area (Å²) in [5.41, 5.74) is 3.57. The standard InChI is InChI=1S/C33H36ClN5O3/c1-37-22-39(27-9-3-2-4-10-27)33(32(37)42)15-17-38(18-16-33)31(41)29(19-23-11-13-26(34)14-12-23)36-30(40)28-20-24-7-5-6-8-25(24)21-35-28/h2-14,28-29,35H,15-22H2,1H3,(H,36,40). The van der Waals surface area contributed by atoms with Gasteiger partial charge in [-0.25, -0.2) is 0 Å². The normalized spacial score (nSPS) is 20.4. The molecule has 3 aromatic carbocycles. The van der Waals surface area contributed by atoms with Crippen molar-refractivity contribution >= 4 is 35.0 Å². The van der Waals surface area contributed by atoms with Crippen LogP contribution >= 0.6 is 11.6 Å². The highest BCUT2D eigenvalue weighted by molar-refractivity contribution is 6.30. The number of carbonyl (C=O) groups excluding carboxylic acids is 3. The van der Waals surface area contributed by atoms with Crippen molar-refractivity contribution in [1.29, 1.82) is 0 Å². The maximum atomic E-state index is 14.0. The van der Waals surface area contributed by atoms with Crippen LogP contribution in [0.5, 0.6) is 0 Å². The number of hydrogen-bond acceptors (Lipinski definition) is 5. The van der Waals surface area contributed by atoms with Crippen LogP contribution in [-0.2, 0) is 33.8 Å². The zero-order chi connectivity index (χ0) is 29.3. The van der Waals surface area contributed by atoms with Gasteiger partial charge in [0.1, 0.15) is 11.6 Å². The average Bonchev–Trinajstić information content (AvgIpc) is 3.26. The third-order valence-corrected chi connectivity index (χ3v) is 9.20. The van der Waals surface area contributed by atoms with Gasteiger partial charge in [-0.3, -0.25) is 14.4 Å². The van der Waals surface area contributed by atoms with Gasteiger partial charge in [0, 0.05) is 43.8 Å². The van der Waals surface area contributed by atoms with Crippen LogP contribution in [0.1, 0.15) is 29.5 Å². The first-order valence-electron chi connectivity index (χ1n) is 14.6. The predicted molar refractivity (Wildman–Crippen MR) is 163 cm³/mol. The van der Waals surface area contributed by atoms with E-state index in [-0.39, 0.29) is 17.7 Å². The number of amides is 3. The fourth-order valence-electron chi connectivity index (χ4n) is 6.59. The van der Waals surface area contributed by atoms with Crippen LogP contribution in [-0.4, -0.2) is 71.9 Å². The van der Waals surface area contributed by atoms with E-state index in [1.165, 1.54) is 5.56 Å². The maximum Gasteiger partial charge on any atom is 0.249 e. The number of anilines is 1. The molecule has 9 heteroatoms. The minimum Gasteiger partial charge on any atom is -0.343 e. The number of para-hydroxylation sites is 1. The molecule has 2 atom stereocenters. The molecule has 3 aliphatic heterocycles. The molecule has 6 rings (SSSR count). The van der Waals surface area contributed by atoms with Gasteiger partial charge < -0.3 is 25.3 Å². The third-order valence-electron chi connectivity index (χ3n) is 8.95. The van der Waals surface area contributed by atoms with Gasteiger partial charge in [-0.05, 0) is 60.2 Å². The van der Waals surface area contributed by atoms with Gasteiger partial charge >= 0.3 is 0 Å². The highest BCUT2D eigenvalue weighted by Gasteiger charge is 2.53. The minimum atomic E-state index is -0.737. The summed E-state index contributed by atoms with van der Waals surface area (Å²) in [6.45, 7) is 2.00. The van der Waals surface area contributed by atoms with Gasteiger partial charge in [0.05, 0.1) is 12.7 Å². The Balaban J connectivity index is 1.18. The van der Waals surface area contributed by atoms with Crippen molar-refractivity contribution in [3.05, 3.63) is 101 Å². The second kappa shape index (κ2) is 11.8. The van der Waals surface area contributed by atoms with E-state index in [4.69, 9.17) is 11.6 Å². The summed E-state index contributed by atoms with van der Waals surface area (Å²) < 4.78 is 0. The number of benzene rings is 3. The van der Waals surface area contributed by atoms with Gasteiger partial charge in [0.25, 0.3) is 0 Å². The summed E-state index contributed by atoms with van der Waals surface area (Å²) in [5, 5.41) is 7.03. The first-order valence-corrected chi connectivity index (χ1v) is 14.9. The number of piperidine rings is 1. The molecule has 2 fully saturated rings. The molecule has 0 saturated carbocycles. The largest absolute Gasteiger partial charge is 0.343 e. The molecule has 1 spiro atoms. The zero-order valence-electron chi connectivity index (χ0n) is 23.8. The first kappa shape index (κ1) is 28.2. The second-order valence-electron chi connectivity index (χ2n) is 11.6. The van der Waals surface area contributed by atoms with Crippen molar-refractivity contribution < 1.29 is 14.4 Å². The lowest BCUT2D eigenvalue weighted by Gasteiger charge is -2.44. The third kappa shape index (κ3) is 5.49. The molecular weight excluding hydrogens is 550 g/mol. The summed E-state index contributed by atoms with van der Waals surface area (Å²) in [7, 11) is 1.83. The highest BCUT2D eigenvalue weighted by Crippen LogP contribution is 2.39. The van der Waals surface area contributed by atoms with Gasteiger partial charge in [0.15, 0.2) is 0 Å². The Labute approximate surface area is 251 Å². The summed E-state index contributed by atoms with van der Waals surface area (Å²) in [4.78, 5) is 46.8. The Hall–Kier alpha value is -3.88. The number of nitrogens with zero attached hydrogens (tertiary/aromatic N) is 3. The molecule has 218 valence electrons. The van der Waals surface area contributed by atoms with Gasteiger partial charge in [-0.1, -0.05) is 66.2 Å². The van der Waals surface area contributed by atoms with Crippen LogP contribution < -0.4 is 15.5 Å². The zero-order valence-corrected chi connectivity index (χ0v) is 24.5. The average molecular weight is 586 g/mol. The van der Waals surface area contributed by atoms with Crippen molar-refractivity contribution in [2.45, 2.75) is 49.9 Å². The van der Waals surface area contributed by atoms with Crippen molar-refractivity contribution in [1.82, 2.24) is 20.4 Å². The summed E-state index contributed by atoms with van der Waals surface area (Å²) in [6, 6.07) is 24.3. The molecule has 0 bridgehead atoms. The number of halogens is 1. The lowest BCUT2D eigenvalue weighted by Crippen LogP contribution is -2.60. The van der Waals surface area contributed by atoms with E-state index < -0.39 is 17.6 Å². The number of likely N-dealkylation sites (tertiary alicyclic amines) is 1. The molecule has 0 aliphatic carbocycles. The smallest absolute Gasteiger partial charge is 0.249 e. The molecule has 3 aromatic rings. The molecule has 2 saturated heterocycles. The fraction of sp³-hybridized carbons (Fsp3) is 0.364. The molecule has 2 unspecified atom stereocenters. The number of likely N-dealkylation sites (N-methyl/N-ethyl adjacent to an activating group) is 1. The van der Waals surface area contributed by atoms with Crippen molar-refractivity contribution in [3.8, 4) is 0 Å². The SMILES string of the molecule is CN1CN(c2ccccc2)C2(CCN(C(=O)C(Cc3ccc(Cl)cc3)NC(=O)C3Cc4ccccc4CN3)CC2)C1=O. The Morgan fingerprint density at radius 1 is 0.976 bits per heavy atom. The number of fused-ring (bicyclic) bond motifs is 1. The summed E-state index contributed by atoms with van der Waals surface area (Å²) in [5.74, 6) is -0.226. The number of hydrogen-bond donors (Lipinski definition) is 2. The van der Waals surface area contributed by atoms with Crippen LogP contribution in [0.4, 0.5) is 5.69 Å². The Kier molecular flexibility index (Phi) is 7.92. The van der Waals surface area contributed by atoms with E-state index in [0.29, 0.717) is 57.0 Å². The van der Waals surface area contributed by atoms with E-state index in [9.17, 15) is 14.4 Å². The van der Waals surface area contributed by atoms with E-state index >= 15 is 0 Å². The molecule has 3 heterocycles. The fourth-order valence-corrected chi connectivity index (χ4v) is 6.71. The van der Waals surface area contributed by atoms with Gasteiger partial charge in [0.2, 0.25) is 17.7 Å². The van der Waals surface area contributed by atoms with E-state index in [0.717, 1.165) is 16.8 Å². The first-order chi connectivity index (χ1) is 20.3. The van der Waals surface area contributed by atoms with Gasteiger partial charge in [-0.2, -0.15) is 0 Å². The molecule has 8 nitrogen and oxygen atoms in total. The number of nitrogens with one attached hydrogen (secondary N) is 2. The van der Waals surface area contributed by atoms with Crippen molar-refractivity contribution in [2.75, 3.05) is 31.7 Å². The Bertz CT molecular complexity index is 1460. The molecule has 3 aliphatic rings. The molecule has 0 radical (unpaired) electrons. The van der Waals surface area contributed by atoms with E-state index in [1.807, 2.05) is 66.5 Å². The minimum absolute atomic E-state index is 0.0909. The molecule has 42 heavy (non-hydrogen) atoms. The molecule has 2 N–H and O–H groups in total. The predicted octanol–water partition coefficient (Wildman–Crippen LogP) is 3.38. The van der Waals surface area contributed by atoms with Crippen LogP contribution in [0, 0.1) is 0 Å². The molecule has 3 amide bonds. The highest BCUT2D eigenvalue weighted by atomic mass is 35.5. The Morgan fingerprint density at radius 2 is 1.64 bits per heavy atom. The molecular formula is C33H36ClN5O3. The monoisotopic (exact) mass is 585 g/mol.